The normalized spacial score (nSPS) is 18.9. The van der Waals surface area contributed by atoms with Crippen LogP contribution in [0.1, 0.15) is 21.1 Å². The Morgan fingerprint density at radius 1 is 1.26 bits per heavy atom. The fourth-order valence-electron chi connectivity index (χ4n) is 4.35. The second-order valence-electron chi connectivity index (χ2n) is 8.05. The van der Waals surface area contributed by atoms with Gasteiger partial charge in [0, 0.05) is 56.6 Å². The van der Waals surface area contributed by atoms with Crippen molar-refractivity contribution in [2.45, 2.75) is 19.4 Å². The second-order valence-corrected chi connectivity index (χ2v) is 9.08. The van der Waals surface area contributed by atoms with Crippen LogP contribution in [0, 0.1) is 12.8 Å². The Kier molecular flexibility index (Phi) is 5.11. The van der Waals surface area contributed by atoms with Crippen molar-refractivity contribution in [2.24, 2.45) is 13.0 Å². The minimum Gasteiger partial charge on any atom is -0.379 e. The molecule has 7 nitrogen and oxygen atoms in total. The molecule has 1 amide bonds. The summed E-state index contributed by atoms with van der Waals surface area (Å²) in [7, 11) is 3.63. The van der Waals surface area contributed by atoms with E-state index < -0.39 is 0 Å². The van der Waals surface area contributed by atoms with Gasteiger partial charge in [0.05, 0.1) is 16.7 Å². The third-order valence-corrected chi connectivity index (χ3v) is 7.07. The molecule has 0 radical (unpaired) electrons. The van der Waals surface area contributed by atoms with Crippen LogP contribution in [0.25, 0.3) is 21.5 Å². The SMILES string of the molecule is CO[C@H]1CN(C(=O)c2cc3c(-c4ccccc4)nn(C)c3s2)C[C@H]1Cc1cc(C)no1. The van der Waals surface area contributed by atoms with Crippen LogP contribution in [-0.2, 0) is 18.2 Å². The van der Waals surface area contributed by atoms with Gasteiger partial charge in [0.15, 0.2) is 0 Å². The van der Waals surface area contributed by atoms with Crippen LogP contribution in [0.5, 0.6) is 0 Å². The molecule has 3 aromatic heterocycles. The summed E-state index contributed by atoms with van der Waals surface area (Å²) in [5.41, 5.74) is 2.82. The number of aromatic nitrogens is 3. The van der Waals surface area contributed by atoms with Crippen molar-refractivity contribution in [3.05, 3.63) is 58.8 Å². The number of carbonyl (C=O) groups excluding carboxylic acids is 1. The van der Waals surface area contributed by atoms with Gasteiger partial charge in [-0.15, -0.1) is 11.3 Å². The van der Waals surface area contributed by atoms with Crippen LogP contribution in [0.4, 0.5) is 0 Å². The van der Waals surface area contributed by atoms with E-state index in [1.807, 2.05) is 66.0 Å². The van der Waals surface area contributed by atoms with Crippen molar-refractivity contribution >= 4 is 27.5 Å². The van der Waals surface area contributed by atoms with E-state index >= 15 is 0 Å². The van der Waals surface area contributed by atoms with Gasteiger partial charge in [-0.3, -0.25) is 9.48 Å². The topological polar surface area (TPSA) is 73.4 Å². The number of aryl methyl sites for hydroxylation is 2. The van der Waals surface area contributed by atoms with E-state index in [1.54, 1.807) is 7.11 Å². The van der Waals surface area contributed by atoms with Crippen molar-refractivity contribution < 1.29 is 14.1 Å². The molecule has 0 saturated carbocycles. The first-order valence-electron chi connectivity index (χ1n) is 10.3. The summed E-state index contributed by atoms with van der Waals surface area (Å²) in [5.74, 6) is 1.05. The Bertz CT molecular complexity index is 1230. The first-order valence-corrected chi connectivity index (χ1v) is 11.1. The maximum absolute atomic E-state index is 13.4. The standard InChI is InChI=1S/C23H24N4O3S/c1-14-9-17(30-25-14)10-16-12-27(13-19(16)29-3)22(28)20-11-18-21(15-7-5-4-6-8-15)24-26(2)23(18)31-20/h4-9,11,16,19H,10,12-13H2,1-3H3/t16-,19+/m1/s1. The summed E-state index contributed by atoms with van der Waals surface area (Å²) >= 11 is 1.49. The van der Waals surface area contributed by atoms with Gasteiger partial charge >= 0.3 is 0 Å². The molecule has 0 bridgehead atoms. The zero-order chi connectivity index (χ0) is 21.5. The van der Waals surface area contributed by atoms with Gasteiger partial charge in [-0.2, -0.15) is 5.10 Å². The van der Waals surface area contributed by atoms with Gasteiger partial charge in [0.1, 0.15) is 16.3 Å². The Balaban J connectivity index is 1.40. The minimum absolute atomic E-state index is 0.0229. The van der Waals surface area contributed by atoms with E-state index in [-0.39, 0.29) is 17.9 Å². The molecule has 1 saturated heterocycles. The quantitative estimate of drug-likeness (QED) is 0.474. The zero-order valence-corrected chi connectivity index (χ0v) is 18.6. The van der Waals surface area contributed by atoms with Gasteiger partial charge in [0.2, 0.25) is 0 Å². The second kappa shape index (κ2) is 7.94. The number of hydrogen-bond donors (Lipinski definition) is 0. The van der Waals surface area contributed by atoms with Crippen LogP contribution in [0.15, 0.2) is 47.0 Å². The first-order chi connectivity index (χ1) is 15.0. The molecule has 4 heterocycles. The van der Waals surface area contributed by atoms with E-state index in [0.29, 0.717) is 19.5 Å². The first kappa shape index (κ1) is 20.0. The number of methoxy groups -OCH3 is 1. The molecule has 31 heavy (non-hydrogen) atoms. The molecule has 1 aromatic carbocycles. The van der Waals surface area contributed by atoms with E-state index in [0.717, 1.165) is 37.8 Å². The van der Waals surface area contributed by atoms with Crippen molar-refractivity contribution in [1.29, 1.82) is 0 Å². The van der Waals surface area contributed by atoms with Crippen molar-refractivity contribution in [3.63, 3.8) is 0 Å². The lowest BCUT2D eigenvalue weighted by atomic mass is 10.0. The Morgan fingerprint density at radius 3 is 2.77 bits per heavy atom. The molecule has 4 aromatic rings. The van der Waals surface area contributed by atoms with Gasteiger partial charge in [0.25, 0.3) is 5.91 Å². The number of ether oxygens (including phenoxy) is 1. The number of likely N-dealkylation sites (tertiary alicyclic amines) is 1. The maximum Gasteiger partial charge on any atom is 0.264 e. The van der Waals surface area contributed by atoms with Gasteiger partial charge in [-0.05, 0) is 13.0 Å². The highest BCUT2D eigenvalue weighted by Crippen LogP contribution is 2.35. The smallest absolute Gasteiger partial charge is 0.264 e. The van der Waals surface area contributed by atoms with Crippen LogP contribution in [-0.4, -0.2) is 52.0 Å². The zero-order valence-electron chi connectivity index (χ0n) is 17.7. The summed E-state index contributed by atoms with van der Waals surface area (Å²) in [6.45, 7) is 3.12. The van der Waals surface area contributed by atoms with E-state index in [4.69, 9.17) is 9.26 Å². The molecular weight excluding hydrogens is 412 g/mol. The number of thiophene rings is 1. The predicted octanol–water partition coefficient (Wildman–Crippen LogP) is 3.93. The molecule has 8 heteroatoms. The van der Waals surface area contributed by atoms with Gasteiger partial charge in [-0.1, -0.05) is 35.5 Å². The van der Waals surface area contributed by atoms with E-state index in [2.05, 4.69) is 10.3 Å². The average molecular weight is 437 g/mol. The highest BCUT2D eigenvalue weighted by atomic mass is 32.1. The number of fused-ring (bicyclic) bond motifs is 1. The molecular formula is C23H24N4O3S. The Labute approximate surface area is 184 Å². The summed E-state index contributed by atoms with van der Waals surface area (Å²) in [6, 6.07) is 14.0. The highest BCUT2D eigenvalue weighted by Gasteiger charge is 2.37. The Hall–Kier alpha value is -2.97. The summed E-state index contributed by atoms with van der Waals surface area (Å²) < 4.78 is 12.9. The number of benzene rings is 1. The van der Waals surface area contributed by atoms with Crippen molar-refractivity contribution in [2.75, 3.05) is 20.2 Å². The molecule has 0 spiro atoms. The Morgan fingerprint density at radius 2 is 2.06 bits per heavy atom. The van der Waals surface area contributed by atoms with Crippen LogP contribution < -0.4 is 0 Å². The number of hydrogen-bond acceptors (Lipinski definition) is 6. The van der Waals surface area contributed by atoms with Crippen LogP contribution >= 0.6 is 11.3 Å². The van der Waals surface area contributed by atoms with Gasteiger partial charge in [-0.25, -0.2) is 0 Å². The van der Waals surface area contributed by atoms with E-state index in [9.17, 15) is 4.79 Å². The van der Waals surface area contributed by atoms with Crippen molar-refractivity contribution in [1.82, 2.24) is 19.8 Å². The summed E-state index contributed by atoms with van der Waals surface area (Å²) in [5, 5.41) is 9.65. The van der Waals surface area contributed by atoms with E-state index in [1.165, 1.54) is 11.3 Å². The molecule has 2 atom stereocenters. The molecule has 1 aliphatic heterocycles. The largest absolute Gasteiger partial charge is 0.379 e. The lowest BCUT2D eigenvalue weighted by molar-refractivity contribution is 0.0675. The fourth-order valence-corrected chi connectivity index (χ4v) is 5.39. The number of rotatable bonds is 5. The molecule has 160 valence electrons. The van der Waals surface area contributed by atoms with Crippen molar-refractivity contribution in [3.8, 4) is 11.3 Å². The van der Waals surface area contributed by atoms with Gasteiger partial charge < -0.3 is 14.2 Å². The molecule has 5 rings (SSSR count). The predicted molar refractivity (Wildman–Crippen MR) is 119 cm³/mol. The molecule has 1 fully saturated rings. The molecule has 0 aliphatic carbocycles. The lowest BCUT2D eigenvalue weighted by Gasteiger charge is -2.14. The third-order valence-electron chi connectivity index (χ3n) is 5.88. The summed E-state index contributed by atoms with van der Waals surface area (Å²) in [4.78, 5) is 17.0. The minimum atomic E-state index is -0.0229. The number of carbonyl (C=O) groups is 1. The monoisotopic (exact) mass is 436 g/mol. The fraction of sp³-hybridized carbons (Fsp3) is 0.348. The average Bonchev–Trinajstić information content (AvgIpc) is 3.54. The number of amides is 1. The number of nitrogens with zero attached hydrogens (tertiary/aromatic N) is 4. The molecule has 0 N–H and O–H groups in total. The third kappa shape index (κ3) is 3.66. The highest BCUT2D eigenvalue weighted by molar-refractivity contribution is 7.20. The van der Waals surface area contributed by atoms with Crippen LogP contribution in [0.3, 0.4) is 0 Å². The summed E-state index contributed by atoms with van der Waals surface area (Å²) in [6.07, 6.45) is 0.683. The molecule has 1 aliphatic rings. The van der Waals surface area contributed by atoms with Crippen LogP contribution in [0.2, 0.25) is 0 Å². The lowest BCUT2D eigenvalue weighted by Crippen LogP contribution is -2.29. The maximum atomic E-state index is 13.4. The molecule has 0 unspecified atom stereocenters.